The molecule has 0 spiro atoms. The van der Waals surface area contributed by atoms with E-state index >= 15 is 0 Å². The lowest BCUT2D eigenvalue weighted by Crippen LogP contribution is -1.88. The van der Waals surface area contributed by atoms with Crippen molar-refractivity contribution in [3.05, 3.63) is 71.3 Å². The normalized spacial score (nSPS) is 9.50. The number of hydrogen-bond acceptors (Lipinski definition) is 0. The van der Waals surface area contributed by atoms with Crippen LogP contribution in [-0.2, 0) is 19.3 Å². The van der Waals surface area contributed by atoms with E-state index in [1.165, 1.54) is 16.7 Å². The van der Waals surface area contributed by atoms with Gasteiger partial charge in [0.25, 0.3) is 0 Å². The highest BCUT2D eigenvalue weighted by Gasteiger charge is 1.93. The third kappa shape index (κ3) is 4.75. The summed E-state index contributed by atoms with van der Waals surface area (Å²) < 4.78 is 0. The molecule has 0 atom stereocenters. The maximum Gasteiger partial charge on any atom is -0.0305 e. The Balaban J connectivity index is 0.000000184. The van der Waals surface area contributed by atoms with E-state index in [2.05, 4.69) is 69.3 Å². The van der Waals surface area contributed by atoms with Crippen LogP contribution >= 0.6 is 0 Å². The first-order valence-corrected chi connectivity index (χ1v) is 6.92. The molecule has 0 radical (unpaired) electrons. The minimum absolute atomic E-state index is 1.14. The first kappa shape index (κ1) is 14.5. The predicted octanol–water partition coefficient (Wildman–Crippen LogP) is 5.06. The second-order valence-electron chi connectivity index (χ2n) is 4.31. The van der Waals surface area contributed by atoms with Crippen LogP contribution in [0.2, 0.25) is 0 Å². The predicted molar refractivity (Wildman–Crippen MR) is 81.0 cm³/mol. The number of hydrogen-bond donors (Lipinski definition) is 0. The van der Waals surface area contributed by atoms with Gasteiger partial charge in [0.15, 0.2) is 0 Å². The monoisotopic (exact) mass is 240 g/mol. The maximum absolute atomic E-state index is 2.21. The lowest BCUT2D eigenvalue weighted by molar-refractivity contribution is 1.04. The van der Waals surface area contributed by atoms with Gasteiger partial charge in [0.1, 0.15) is 0 Å². The Hall–Kier alpha value is -1.56. The molecule has 0 aliphatic carbocycles. The molecule has 2 rings (SSSR count). The summed E-state index contributed by atoms with van der Waals surface area (Å²) in [5.41, 5.74) is 4.39. The fraction of sp³-hybridized carbons (Fsp3) is 0.333. The molecule has 0 aromatic heterocycles. The summed E-state index contributed by atoms with van der Waals surface area (Å²) in [6, 6.07) is 19.1. The van der Waals surface area contributed by atoms with Gasteiger partial charge in [-0.2, -0.15) is 0 Å². The van der Waals surface area contributed by atoms with Gasteiger partial charge in [0.05, 0.1) is 0 Å². The molecule has 0 heteroatoms. The highest BCUT2D eigenvalue weighted by molar-refractivity contribution is 5.26. The van der Waals surface area contributed by atoms with Crippen LogP contribution in [-0.4, -0.2) is 0 Å². The van der Waals surface area contributed by atoms with Crippen LogP contribution in [0.3, 0.4) is 0 Å². The maximum atomic E-state index is 2.21. The molecule has 96 valence electrons. The van der Waals surface area contributed by atoms with Gasteiger partial charge in [-0.3, -0.25) is 0 Å². The number of aryl methyl sites for hydroxylation is 3. The van der Waals surface area contributed by atoms with Crippen molar-refractivity contribution >= 4 is 0 Å². The lowest BCUT2D eigenvalue weighted by atomic mass is 10.0. The largest absolute Gasteiger partial charge is 0.0622 e. The summed E-state index contributed by atoms with van der Waals surface area (Å²) in [5, 5.41) is 0. The van der Waals surface area contributed by atoms with Gasteiger partial charge in [-0.25, -0.2) is 0 Å². The van der Waals surface area contributed by atoms with Crippen LogP contribution in [0.4, 0.5) is 0 Å². The van der Waals surface area contributed by atoms with Crippen LogP contribution in [0.15, 0.2) is 54.6 Å². The third-order valence-corrected chi connectivity index (χ3v) is 3.13. The van der Waals surface area contributed by atoms with Gasteiger partial charge in [-0.1, -0.05) is 75.4 Å². The third-order valence-electron chi connectivity index (χ3n) is 3.13. The molecule has 0 unspecified atom stereocenters. The molecule has 0 fully saturated rings. The Morgan fingerprint density at radius 3 is 1.33 bits per heavy atom. The van der Waals surface area contributed by atoms with E-state index in [1.807, 2.05) is 6.07 Å². The minimum atomic E-state index is 1.14. The summed E-state index contributed by atoms with van der Waals surface area (Å²) in [7, 11) is 0. The molecule has 2 aromatic carbocycles. The second-order valence-corrected chi connectivity index (χ2v) is 4.31. The van der Waals surface area contributed by atoms with Gasteiger partial charge >= 0.3 is 0 Å². The van der Waals surface area contributed by atoms with Crippen LogP contribution in [0.1, 0.15) is 37.5 Å². The zero-order chi connectivity index (χ0) is 13.2. The van der Waals surface area contributed by atoms with Gasteiger partial charge in [-0.15, -0.1) is 0 Å². The topological polar surface area (TPSA) is 0 Å². The molecule has 0 nitrogen and oxygen atoms in total. The van der Waals surface area contributed by atoms with Crippen molar-refractivity contribution in [3.8, 4) is 0 Å². The van der Waals surface area contributed by atoms with Gasteiger partial charge in [0.2, 0.25) is 0 Å². The van der Waals surface area contributed by atoms with Crippen LogP contribution < -0.4 is 0 Å². The average Bonchev–Trinajstić information content (AvgIpc) is 2.48. The highest BCUT2D eigenvalue weighted by Crippen LogP contribution is 2.08. The Kier molecular flexibility index (Phi) is 6.86. The zero-order valence-corrected chi connectivity index (χ0v) is 11.8. The molecular formula is C18H24. The summed E-state index contributed by atoms with van der Waals surface area (Å²) in [6.07, 6.45) is 3.45. The molecule has 0 aliphatic heterocycles. The Morgan fingerprint density at radius 2 is 1.00 bits per heavy atom. The molecule has 0 amide bonds. The van der Waals surface area contributed by atoms with E-state index in [1.54, 1.807) is 0 Å². The van der Waals surface area contributed by atoms with Gasteiger partial charge < -0.3 is 0 Å². The quantitative estimate of drug-likeness (QED) is 0.703. The molecule has 0 N–H and O–H groups in total. The van der Waals surface area contributed by atoms with Crippen molar-refractivity contribution in [2.75, 3.05) is 0 Å². The van der Waals surface area contributed by atoms with E-state index in [0.717, 1.165) is 19.3 Å². The molecule has 0 saturated carbocycles. The van der Waals surface area contributed by atoms with Crippen molar-refractivity contribution in [3.63, 3.8) is 0 Å². The Bertz CT molecular complexity index is 406. The van der Waals surface area contributed by atoms with Crippen molar-refractivity contribution in [1.82, 2.24) is 0 Å². The molecule has 18 heavy (non-hydrogen) atoms. The molecule has 2 aromatic rings. The Morgan fingerprint density at radius 1 is 0.556 bits per heavy atom. The molecule has 0 aliphatic rings. The smallest absolute Gasteiger partial charge is 0.0305 e. The Labute approximate surface area is 112 Å². The SMILES string of the molecule is CCc1ccccc1.CCc1ccccc1CC. The van der Waals surface area contributed by atoms with E-state index in [-0.39, 0.29) is 0 Å². The summed E-state index contributed by atoms with van der Waals surface area (Å²) >= 11 is 0. The van der Waals surface area contributed by atoms with E-state index in [0.29, 0.717) is 0 Å². The fourth-order valence-corrected chi connectivity index (χ4v) is 1.96. The van der Waals surface area contributed by atoms with E-state index in [4.69, 9.17) is 0 Å². The van der Waals surface area contributed by atoms with Crippen LogP contribution in [0.5, 0.6) is 0 Å². The van der Waals surface area contributed by atoms with Crippen LogP contribution in [0.25, 0.3) is 0 Å². The van der Waals surface area contributed by atoms with Crippen molar-refractivity contribution in [2.45, 2.75) is 40.0 Å². The lowest BCUT2D eigenvalue weighted by Gasteiger charge is -2.02. The first-order chi connectivity index (χ1) is 8.81. The second kappa shape index (κ2) is 8.52. The van der Waals surface area contributed by atoms with E-state index in [9.17, 15) is 0 Å². The molecule has 0 heterocycles. The summed E-state index contributed by atoms with van der Waals surface area (Å²) in [6.45, 7) is 6.57. The highest BCUT2D eigenvalue weighted by atomic mass is 14.0. The summed E-state index contributed by atoms with van der Waals surface area (Å²) in [4.78, 5) is 0. The molecular weight excluding hydrogens is 216 g/mol. The van der Waals surface area contributed by atoms with Crippen molar-refractivity contribution < 1.29 is 0 Å². The first-order valence-electron chi connectivity index (χ1n) is 6.92. The van der Waals surface area contributed by atoms with Crippen molar-refractivity contribution in [2.24, 2.45) is 0 Å². The molecule has 0 saturated heterocycles. The minimum Gasteiger partial charge on any atom is -0.0622 e. The fourth-order valence-electron chi connectivity index (χ4n) is 1.96. The summed E-state index contributed by atoms with van der Waals surface area (Å²) in [5.74, 6) is 0. The van der Waals surface area contributed by atoms with Crippen LogP contribution in [0, 0.1) is 0 Å². The zero-order valence-electron chi connectivity index (χ0n) is 11.8. The molecule has 0 bridgehead atoms. The van der Waals surface area contributed by atoms with E-state index < -0.39 is 0 Å². The number of rotatable bonds is 3. The van der Waals surface area contributed by atoms with Gasteiger partial charge in [-0.05, 0) is 36.0 Å². The standard InChI is InChI=1S/C10H14.C8H10/c1-3-9-7-5-6-8-10(9)4-2;1-2-8-6-4-3-5-7-8/h5-8H,3-4H2,1-2H3;3-7H,2H2,1H3. The van der Waals surface area contributed by atoms with Crippen molar-refractivity contribution in [1.29, 1.82) is 0 Å². The van der Waals surface area contributed by atoms with Gasteiger partial charge in [0, 0.05) is 0 Å². The average molecular weight is 240 g/mol. The number of benzene rings is 2.